The molecular formula is C12H18N4O. The summed E-state index contributed by atoms with van der Waals surface area (Å²) in [4.78, 5) is 18.4. The monoisotopic (exact) mass is 234 g/mol. The van der Waals surface area contributed by atoms with Crippen LogP contribution in [0.5, 0.6) is 0 Å². The van der Waals surface area contributed by atoms with Gasteiger partial charge in [-0.15, -0.1) is 0 Å². The normalized spacial score (nSPS) is 31.9. The Morgan fingerprint density at radius 1 is 1.53 bits per heavy atom. The Morgan fingerprint density at radius 3 is 3.00 bits per heavy atom. The van der Waals surface area contributed by atoms with Gasteiger partial charge in [0.05, 0.1) is 12.5 Å². The molecule has 2 aliphatic rings. The highest BCUT2D eigenvalue weighted by Crippen LogP contribution is 2.33. The Hall–Kier alpha value is -1.36. The second kappa shape index (κ2) is 3.84. The number of fused-ring (bicyclic) bond motifs is 1. The third-order valence-corrected chi connectivity index (χ3v) is 4.23. The summed E-state index contributed by atoms with van der Waals surface area (Å²) in [5, 5.41) is 3.40. The number of rotatable bonds is 1. The maximum Gasteiger partial charge on any atom is 0.272 e. The van der Waals surface area contributed by atoms with E-state index in [-0.39, 0.29) is 5.91 Å². The van der Waals surface area contributed by atoms with Gasteiger partial charge in [0.1, 0.15) is 5.69 Å². The summed E-state index contributed by atoms with van der Waals surface area (Å²) < 4.78 is 1.79. The van der Waals surface area contributed by atoms with Crippen molar-refractivity contribution < 1.29 is 4.79 Å². The van der Waals surface area contributed by atoms with Crippen molar-refractivity contribution in [3.63, 3.8) is 0 Å². The molecule has 2 fully saturated rings. The third-order valence-electron chi connectivity index (χ3n) is 4.23. The van der Waals surface area contributed by atoms with Crippen molar-refractivity contribution in [1.82, 2.24) is 19.8 Å². The first-order valence-corrected chi connectivity index (χ1v) is 6.16. The number of hydrogen-bond donors (Lipinski definition) is 1. The number of amides is 1. The van der Waals surface area contributed by atoms with Gasteiger partial charge in [0.25, 0.3) is 5.91 Å². The van der Waals surface area contributed by atoms with Crippen molar-refractivity contribution in [2.45, 2.75) is 13.0 Å². The number of carbonyl (C=O) groups is 1. The van der Waals surface area contributed by atoms with Crippen LogP contribution in [0.25, 0.3) is 0 Å². The number of aromatic nitrogens is 2. The quantitative estimate of drug-likeness (QED) is 0.750. The number of imidazole rings is 1. The molecule has 0 spiro atoms. The first kappa shape index (κ1) is 10.8. The predicted molar refractivity (Wildman–Crippen MR) is 63.6 cm³/mol. The van der Waals surface area contributed by atoms with E-state index < -0.39 is 0 Å². The van der Waals surface area contributed by atoms with Crippen LogP contribution in [-0.4, -0.2) is 46.0 Å². The Kier molecular flexibility index (Phi) is 2.43. The number of hydrogen-bond acceptors (Lipinski definition) is 3. The third kappa shape index (κ3) is 1.57. The molecule has 1 N–H and O–H groups in total. The molecule has 92 valence electrons. The second-order valence-corrected chi connectivity index (χ2v) is 5.17. The van der Waals surface area contributed by atoms with Crippen molar-refractivity contribution >= 4 is 5.91 Å². The van der Waals surface area contributed by atoms with Crippen molar-refractivity contribution in [1.29, 1.82) is 0 Å². The molecule has 17 heavy (non-hydrogen) atoms. The summed E-state index contributed by atoms with van der Waals surface area (Å²) in [5.74, 6) is 1.36. The molecular weight excluding hydrogens is 216 g/mol. The molecule has 3 rings (SSSR count). The maximum atomic E-state index is 12.4. The van der Waals surface area contributed by atoms with Crippen LogP contribution in [0.4, 0.5) is 0 Å². The SMILES string of the molecule is CC1C2CNCC2CN1C(=O)c1cncn1C. The minimum atomic E-state index is 0.118. The fourth-order valence-electron chi connectivity index (χ4n) is 3.15. The van der Waals surface area contributed by atoms with Crippen LogP contribution >= 0.6 is 0 Å². The molecule has 0 aliphatic carbocycles. The summed E-state index contributed by atoms with van der Waals surface area (Å²) >= 11 is 0. The molecule has 0 aromatic carbocycles. The summed E-state index contributed by atoms with van der Waals surface area (Å²) in [6, 6.07) is 0.331. The molecule has 5 nitrogen and oxygen atoms in total. The lowest BCUT2D eigenvalue weighted by atomic mass is 9.95. The standard InChI is InChI=1S/C12H18N4O/c1-8-10-4-13-3-9(10)6-16(8)12(17)11-5-14-7-15(11)2/h5,7-10,13H,3-4,6H2,1-2H3. The fourth-order valence-corrected chi connectivity index (χ4v) is 3.15. The molecule has 3 heterocycles. The molecule has 2 saturated heterocycles. The first-order valence-electron chi connectivity index (χ1n) is 6.16. The number of aryl methyl sites for hydroxylation is 1. The van der Waals surface area contributed by atoms with Gasteiger partial charge in [-0.25, -0.2) is 4.98 Å². The van der Waals surface area contributed by atoms with Crippen LogP contribution in [0.1, 0.15) is 17.4 Å². The Morgan fingerprint density at radius 2 is 2.35 bits per heavy atom. The summed E-state index contributed by atoms with van der Waals surface area (Å²) in [6.45, 7) is 5.12. The number of nitrogens with zero attached hydrogens (tertiary/aromatic N) is 3. The van der Waals surface area contributed by atoms with Crippen LogP contribution in [-0.2, 0) is 7.05 Å². The van der Waals surface area contributed by atoms with Crippen LogP contribution in [0.3, 0.4) is 0 Å². The smallest absolute Gasteiger partial charge is 0.272 e. The van der Waals surface area contributed by atoms with Gasteiger partial charge in [-0.1, -0.05) is 0 Å². The lowest BCUT2D eigenvalue weighted by Crippen LogP contribution is -2.38. The van der Waals surface area contributed by atoms with Crippen molar-refractivity contribution in [3.8, 4) is 0 Å². The predicted octanol–water partition coefficient (Wildman–Crippen LogP) is 0.1000. The van der Waals surface area contributed by atoms with E-state index in [1.807, 2.05) is 11.9 Å². The van der Waals surface area contributed by atoms with Crippen LogP contribution < -0.4 is 5.32 Å². The molecule has 1 aromatic rings. The molecule has 1 aromatic heterocycles. The van der Waals surface area contributed by atoms with E-state index in [1.54, 1.807) is 17.1 Å². The molecule has 5 heteroatoms. The highest BCUT2D eigenvalue weighted by molar-refractivity contribution is 5.92. The summed E-state index contributed by atoms with van der Waals surface area (Å²) in [7, 11) is 1.86. The van der Waals surface area contributed by atoms with Gasteiger partial charge in [0.15, 0.2) is 0 Å². The maximum absolute atomic E-state index is 12.4. The van der Waals surface area contributed by atoms with Gasteiger partial charge in [-0.3, -0.25) is 4.79 Å². The van der Waals surface area contributed by atoms with Crippen molar-refractivity contribution in [2.75, 3.05) is 19.6 Å². The zero-order valence-corrected chi connectivity index (χ0v) is 10.3. The Balaban J connectivity index is 1.82. The Labute approximate surface area is 101 Å². The fraction of sp³-hybridized carbons (Fsp3) is 0.667. The second-order valence-electron chi connectivity index (χ2n) is 5.17. The number of likely N-dealkylation sites (tertiary alicyclic amines) is 1. The number of carbonyl (C=O) groups excluding carboxylic acids is 1. The van der Waals surface area contributed by atoms with E-state index in [9.17, 15) is 4.79 Å². The topological polar surface area (TPSA) is 50.2 Å². The lowest BCUT2D eigenvalue weighted by Gasteiger charge is -2.24. The summed E-state index contributed by atoms with van der Waals surface area (Å²) in [5.41, 5.74) is 0.685. The van der Waals surface area contributed by atoms with E-state index in [0.29, 0.717) is 23.6 Å². The first-order chi connectivity index (χ1) is 8.18. The average molecular weight is 234 g/mol. The highest BCUT2D eigenvalue weighted by Gasteiger charge is 2.44. The number of nitrogens with one attached hydrogen (secondary N) is 1. The largest absolute Gasteiger partial charge is 0.334 e. The zero-order valence-electron chi connectivity index (χ0n) is 10.3. The van der Waals surface area contributed by atoms with Gasteiger partial charge < -0.3 is 14.8 Å². The van der Waals surface area contributed by atoms with Crippen LogP contribution in [0.15, 0.2) is 12.5 Å². The average Bonchev–Trinajstić information content (AvgIpc) is 2.96. The lowest BCUT2D eigenvalue weighted by molar-refractivity contribution is 0.0719. The van der Waals surface area contributed by atoms with E-state index in [0.717, 1.165) is 19.6 Å². The van der Waals surface area contributed by atoms with E-state index in [2.05, 4.69) is 17.2 Å². The van der Waals surface area contributed by atoms with E-state index >= 15 is 0 Å². The zero-order chi connectivity index (χ0) is 12.0. The molecule has 2 aliphatic heterocycles. The van der Waals surface area contributed by atoms with E-state index in [4.69, 9.17) is 0 Å². The minimum Gasteiger partial charge on any atom is -0.334 e. The molecule has 0 saturated carbocycles. The Bertz CT molecular complexity index is 441. The van der Waals surface area contributed by atoms with Gasteiger partial charge in [0, 0.05) is 32.7 Å². The molecule has 0 bridgehead atoms. The van der Waals surface area contributed by atoms with Crippen LogP contribution in [0.2, 0.25) is 0 Å². The molecule has 0 radical (unpaired) electrons. The minimum absolute atomic E-state index is 0.118. The molecule has 3 unspecified atom stereocenters. The van der Waals surface area contributed by atoms with E-state index in [1.165, 1.54) is 0 Å². The highest BCUT2D eigenvalue weighted by atomic mass is 16.2. The van der Waals surface area contributed by atoms with Gasteiger partial charge in [0.2, 0.25) is 0 Å². The molecule has 1 amide bonds. The van der Waals surface area contributed by atoms with Gasteiger partial charge in [-0.05, 0) is 18.8 Å². The molecule has 3 atom stereocenters. The summed E-state index contributed by atoms with van der Waals surface area (Å²) in [6.07, 6.45) is 3.33. The van der Waals surface area contributed by atoms with Crippen molar-refractivity contribution in [3.05, 3.63) is 18.2 Å². The van der Waals surface area contributed by atoms with Gasteiger partial charge >= 0.3 is 0 Å². The van der Waals surface area contributed by atoms with Gasteiger partial charge in [-0.2, -0.15) is 0 Å². The van der Waals surface area contributed by atoms with Crippen LogP contribution in [0, 0.1) is 11.8 Å². The van der Waals surface area contributed by atoms with Crippen molar-refractivity contribution in [2.24, 2.45) is 18.9 Å².